The standard InChI is InChI=1S/C18H24O5/c1-4-13(16(19)14-10-8-7-9-11-14)12-15(17(20)22-5-2)18(21)23-6-3/h4,7-11,13,15-16,19H,1,5-6,12H2,2-3H3/t13-,16-/m1/s1. The van der Waals surface area contributed by atoms with E-state index in [4.69, 9.17) is 9.47 Å². The number of rotatable bonds is 9. The molecule has 0 aliphatic carbocycles. The van der Waals surface area contributed by atoms with Crippen LogP contribution in [0.4, 0.5) is 0 Å². The van der Waals surface area contributed by atoms with Crippen molar-refractivity contribution in [3.8, 4) is 0 Å². The second-order valence-corrected chi connectivity index (χ2v) is 5.05. The lowest BCUT2D eigenvalue weighted by Crippen LogP contribution is -2.31. The van der Waals surface area contributed by atoms with Crippen LogP contribution >= 0.6 is 0 Å². The van der Waals surface area contributed by atoms with Crippen LogP contribution in [0.2, 0.25) is 0 Å². The molecule has 0 unspecified atom stereocenters. The fraction of sp³-hybridized carbons (Fsp3) is 0.444. The summed E-state index contributed by atoms with van der Waals surface area (Å²) in [7, 11) is 0. The maximum Gasteiger partial charge on any atom is 0.320 e. The molecule has 5 heteroatoms. The zero-order valence-corrected chi connectivity index (χ0v) is 13.6. The van der Waals surface area contributed by atoms with Crippen molar-refractivity contribution in [2.24, 2.45) is 11.8 Å². The number of aliphatic hydroxyl groups is 1. The van der Waals surface area contributed by atoms with E-state index in [2.05, 4.69) is 6.58 Å². The number of ether oxygens (including phenoxy) is 2. The number of carbonyl (C=O) groups is 2. The molecule has 0 bridgehead atoms. The topological polar surface area (TPSA) is 72.8 Å². The monoisotopic (exact) mass is 320 g/mol. The Morgan fingerprint density at radius 1 is 1.13 bits per heavy atom. The summed E-state index contributed by atoms with van der Waals surface area (Å²) in [5.41, 5.74) is 0.698. The molecule has 126 valence electrons. The van der Waals surface area contributed by atoms with Gasteiger partial charge in [0.05, 0.1) is 19.3 Å². The van der Waals surface area contributed by atoms with Gasteiger partial charge in [0.25, 0.3) is 0 Å². The van der Waals surface area contributed by atoms with Crippen LogP contribution in [0.15, 0.2) is 43.0 Å². The second kappa shape index (κ2) is 9.79. The molecule has 0 spiro atoms. The minimum atomic E-state index is -1.07. The Hall–Kier alpha value is -2.14. The lowest BCUT2D eigenvalue weighted by molar-refractivity contribution is -0.162. The van der Waals surface area contributed by atoms with Crippen molar-refractivity contribution in [1.29, 1.82) is 0 Å². The fourth-order valence-electron chi connectivity index (χ4n) is 2.30. The van der Waals surface area contributed by atoms with E-state index in [1.807, 2.05) is 18.2 Å². The average molecular weight is 320 g/mol. The molecule has 2 atom stereocenters. The third-order valence-electron chi connectivity index (χ3n) is 3.50. The molecule has 0 aromatic heterocycles. The van der Waals surface area contributed by atoms with Gasteiger partial charge in [-0.3, -0.25) is 9.59 Å². The van der Waals surface area contributed by atoms with E-state index in [0.29, 0.717) is 5.56 Å². The Kier molecular flexibility index (Phi) is 8.05. The highest BCUT2D eigenvalue weighted by Crippen LogP contribution is 2.29. The Morgan fingerprint density at radius 2 is 1.65 bits per heavy atom. The summed E-state index contributed by atoms with van der Waals surface area (Å²) in [6.07, 6.45) is 0.764. The lowest BCUT2D eigenvalue weighted by atomic mass is 9.87. The molecule has 0 fully saturated rings. The Morgan fingerprint density at radius 3 is 2.09 bits per heavy atom. The van der Waals surface area contributed by atoms with Crippen molar-refractivity contribution in [2.45, 2.75) is 26.4 Å². The fourth-order valence-corrected chi connectivity index (χ4v) is 2.30. The molecule has 1 aromatic carbocycles. The largest absolute Gasteiger partial charge is 0.465 e. The smallest absolute Gasteiger partial charge is 0.320 e. The lowest BCUT2D eigenvalue weighted by Gasteiger charge is -2.23. The zero-order valence-electron chi connectivity index (χ0n) is 13.6. The minimum absolute atomic E-state index is 0.0806. The van der Waals surface area contributed by atoms with Crippen molar-refractivity contribution >= 4 is 11.9 Å². The van der Waals surface area contributed by atoms with Crippen molar-refractivity contribution in [3.05, 3.63) is 48.6 Å². The summed E-state index contributed by atoms with van der Waals surface area (Å²) in [6, 6.07) is 9.04. The van der Waals surface area contributed by atoms with Crippen LogP contribution in [0, 0.1) is 11.8 Å². The average Bonchev–Trinajstić information content (AvgIpc) is 2.56. The maximum atomic E-state index is 12.0. The number of esters is 2. The van der Waals surface area contributed by atoms with E-state index in [0.717, 1.165) is 0 Å². The van der Waals surface area contributed by atoms with Gasteiger partial charge in [-0.15, -0.1) is 6.58 Å². The molecule has 0 saturated carbocycles. The molecule has 0 heterocycles. The first-order valence-corrected chi connectivity index (χ1v) is 7.73. The molecule has 1 aromatic rings. The maximum absolute atomic E-state index is 12.0. The van der Waals surface area contributed by atoms with E-state index < -0.39 is 29.9 Å². The van der Waals surface area contributed by atoms with Crippen molar-refractivity contribution in [2.75, 3.05) is 13.2 Å². The normalized spacial score (nSPS) is 13.2. The third-order valence-corrected chi connectivity index (χ3v) is 3.50. The van der Waals surface area contributed by atoms with Crippen LogP contribution in [0.25, 0.3) is 0 Å². The van der Waals surface area contributed by atoms with E-state index in [1.165, 1.54) is 0 Å². The third kappa shape index (κ3) is 5.53. The molecule has 0 saturated heterocycles. The highest BCUT2D eigenvalue weighted by Gasteiger charge is 2.34. The van der Waals surface area contributed by atoms with E-state index >= 15 is 0 Å². The molecule has 5 nitrogen and oxygen atoms in total. The number of carbonyl (C=O) groups excluding carboxylic acids is 2. The van der Waals surface area contributed by atoms with Crippen molar-refractivity contribution in [3.63, 3.8) is 0 Å². The molecule has 1 rings (SSSR count). The summed E-state index contributed by atoms with van der Waals surface area (Å²) in [5.74, 6) is -2.83. The van der Waals surface area contributed by atoms with Crippen LogP contribution in [0.5, 0.6) is 0 Å². The Balaban J connectivity index is 2.91. The Labute approximate surface area is 136 Å². The van der Waals surface area contributed by atoms with E-state index in [-0.39, 0.29) is 19.6 Å². The summed E-state index contributed by atoms with van der Waals surface area (Å²) < 4.78 is 9.89. The molecule has 1 N–H and O–H groups in total. The first-order valence-electron chi connectivity index (χ1n) is 7.73. The van der Waals surface area contributed by atoms with Gasteiger partial charge >= 0.3 is 11.9 Å². The van der Waals surface area contributed by atoms with Gasteiger partial charge in [-0.2, -0.15) is 0 Å². The highest BCUT2D eigenvalue weighted by molar-refractivity contribution is 5.94. The van der Waals surface area contributed by atoms with E-state index in [9.17, 15) is 14.7 Å². The summed E-state index contributed by atoms with van der Waals surface area (Å²) in [4.78, 5) is 24.1. The van der Waals surface area contributed by atoms with Crippen LogP contribution < -0.4 is 0 Å². The second-order valence-electron chi connectivity index (χ2n) is 5.05. The summed E-state index contributed by atoms with van der Waals surface area (Å²) in [5, 5.41) is 10.5. The van der Waals surface area contributed by atoms with Gasteiger partial charge < -0.3 is 14.6 Å². The van der Waals surface area contributed by atoms with E-state index in [1.54, 1.807) is 32.1 Å². The van der Waals surface area contributed by atoms with Crippen molar-refractivity contribution in [1.82, 2.24) is 0 Å². The summed E-state index contributed by atoms with van der Waals surface area (Å²) >= 11 is 0. The molecule has 23 heavy (non-hydrogen) atoms. The number of hydrogen-bond donors (Lipinski definition) is 1. The zero-order chi connectivity index (χ0) is 17.2. The minimum Gasteiger partial charge on any atom is -0.465 e. The molecular weight excluding hydrogens is 296 g/mol. The van der Waals surface area contributed by atoms with Gasteiger partial charge in [0.15, 0.2) is 5.92 Å². The predicted molar refractivity (Wildman–Crippen MR) is 86.5 cm³/mol. The van der Waals surface area contributed by atoms with Crippen LogP contribution in [-0.4, -0.2) is 30.3 Å². The predicted octanol–water partition coefficient (Wildman–Crippen LogP) is 2.65. The van der Waals surface area contributed by atoms with Crippen LogP contribution in [-0.2, 0) is 19.1 Å². The molecule has 0 aliphatic heterocycles. The number of aliphatic hydroxyl groups excluding tert-OH is 1. The number of benzene rings is 1. The van der Waals surface area contributed by atoms with Gasteiger partial charge in [0.2, 0.25) is 0 Å². The highest BCUT2D eigenvalue weighted by atomic mass is 16.6. The SMILES string of the molecule is C=C[C@H](CC(C(=O)OCC)C(=O)OCC)[C@@H](O)c1ccccc1. The van der Waals surface area contributed by atoms with Gasteiger partial charge in [-0.25, -0.2) is 0 Å². The Bertz CT molecular complexity index is 493. The number of hydrogen-bond acceptors (Lipinski definition) is 5. The molecule has 0 amide bonds. The van der Waals surface area contributed by atoms with Gasteiger partial charge in [0.1, 0.15) is 0 Å². The molecule has 0 radical (unpaired) electrons. The first-order chi connectivity index (χ1) is 11.0. The van der Waals surface area contributed by atoms with Crippen LogP contribution in [0.1, 0.15) is 31.9 Å². The van der Waals surface area contributed by atoms with Crippen LogP contribution in [0.3, 0.4) is 0 Å². The van der Waals surface area contributed by atoms with Crippen molar-refractivity contribution < 1.29 is 24.2 Å². The molecule has 0 aliphatic rings. The van der Waals surface area contributed by atoms with Gasteiger partial charge in [-0.05, 0) is 25.8 Å². The first kappa shape index (κ1) is 18.9. The molecular formula is C18H24O5. The van der Waals surface area contributed by atoms with Gasteiger partial charge in [-0.1, -0.05) is 36.4 Å². The summed E-state index contributed by atoms with van der Waals surface area (Å²) in [6.45, 7) is 7.40. The quantitative estimate of drug-likeness (QED) is 0.430. The van der Waals surface area contributed by atoms with Gasteiger partial charge in [0, 0.05) is 5.92 Å².